The van der Waals surface area contributed by atoms with E-state index in [9.17, 15) is 4.79 Å². The molecule has 0 bridgehead atoms. The van der Waals surface area contributed by atoms with Crippen molar-refractivity contribution in [2.45, 2.75) is 5.03 Å². The second kappa shape index (κ2) is 5.41. The molecule has 0 spiro atoms. The molecule has 19 heavy (non-hydrogen) atoms. The number of rotatable bonds is 4. The Morgan fingerprint density at radius 1 is 1.26 bits per heavy atom. The summed E-state index contributed by atoms with van der Waals surface area (Å²) in [5, 5.41) is 2.17. The van der Waals surface area contributed by atoms with Crippen LogP contribution in [-0.2, 0) is 0 Å². The van der Waals surface area contributed by atoms with Crippen molar-refractivity contribution in [3.8, 4) is 0 Å². The maximum absolute atomic E-state index is 12.0. The van der Waals surface area contributed by atoms with E-state index in [2.05, 4.69) is 17.1 Å². The number of fused-ring (bicyclic) bond motifs is 1. The van der Waals surface area contributed by atoms with Gasteiger partial charge in [-0.2, -0.15) is 0 Å². The first-order valence-corrected chi connectivity index (χ1v) is 7.89. The first-order valence-electron chi connectivity index (χ1n) is 5.71. The molecule has 0 atom stereocenters. The summed E-state index contributed by atoms with van der Waals surface area (Å²) in [6.07, 6.45) is 0. The molecule has 0 saturated carbocycles. The van der Waals surface area contributed by atoms with Gasteiger partial charge in [0.1, 0.15) is 0 Å². The Labute approximate surface area is 123 Å². The normalized spacial score (nSPS) is 11.0. The standard InChI is InChI=1S/C14H10ClNOS2/c15-13-6-5-12(19-13)11(17)8-18-14-7-9-3-1-2-4-10(9)16-14/h1-7,16H,8H2. The van der Waals surface area contributed by atoms with Gasteiger partial charge >= 0.3 is 0 Å². The number of ketones is 1. The van der Waals surface area contributed by atoms with Crippen molar-refractivity contribution in [3.63, 3.8) is 0 Å². The van der Waals surface area contributed by atoms with Crippen LogP contribution in [0.2, 0.25) is 4.34 Å². The first-order chi connectivity index (χ1) is 9.22. The lowest BCUT2D eigenvalue weighted by Gasteiger charge is -1.96. The fraction of sp³-hybridized carbons (Fsp3) is 0.0714. The smallest absolute Gasteiger partial charge is 0.183 e. The van der Waals surface area contributed by atoms with Crippen LogP contribution < -0.4 is 0 Å². The molecule has 0 unspecified atom stereocenters. The van der Waals surface area contributed by atoms with Gasteiger partial charge in [0.25, 0.3) is 0 Å². The fourth-order valence-corrected chi connectivity index (χ4v) is 3.71. The topological polar surface area (TPSA) is 32.9 Å². The highest BCUT2D eigenvalue weighted by Gasteiger charge is 2.10. The van der Waals surface area contributed by atoms with E-state index in [-0.39, 0.29) is 5.78 Å². The highest BCUT2D eigenvalue weighted by Crippen LogP contribution is 2.26. The highest BCUT2D eigenvalue weighted by atomic mass is 35.5. The van der Waals surface area contributed by atoms with Gasteiger partial charge in [-0.25, -0.2) is 0 Å². The third-order valence-corrected chi connectivity index (χ3v) is 4.92. The monoisotopic (exact) mass is 307 g/mol. The summed E-state index contributed by atoms with van der Waals surface area (Å²) in [5.41, 5.74) is 1.09. The van der Waals surface area contributed by atoms with Gasteiger partial charge in [-0.3, -0.25) is 4.79 Å². The molecule has 5 heteroatoms. The lowest BCUT2D eigenvalue weighted by Crippen LogP contribution is -1.98. The van der Waals surface area contributed by atoms with Crippen LogP contribution in [0, 0.1) is 0 Å². The fourth-order valence-electron chi connectivity index (χ4n) is 1.80. The van der Waals surface area contributed by atoms with E-state index < -0.39 is 0 Å². The number of aromatic amines is 1. The van der Waals surface area contributed by atoms with Crippen LogP contribution in [0.25, 0.3) is 10.9 Å². The third-order valence-electron chi connectivity index (χ3n) is 2.71. The zero-order chi connectivity index (χ0) is 13.2. The number of carbonyl (C=O) groups is 1. The molecular formula is C14H10ClNOS2. The number of hydrogen-bond acceptors (Lipinski definition) is 3. The van der Waals surface area contributed by atoms with Gasteiger partial charge in [0.05, 0.1) is 20.0 Å². The molecule has 1 aromatic carbocycles. The van der Waals surface area contributed by atoms with E-state index in [0.29, 0.717) is 15.0 Å². The molecule has 0 amide bonds. The zero-order valence-corrected chi connectivity index (χ0v) is 12.2. The van der Waals surface area contributed by atoms with Crippen molar-refractivity contribution in [2.24, 2.45) is 0 Å². The summed E-state index contributed by atoms with van der Waals surface area (Å²) in [7, 11) is 0. The van der Waals surface area contributed by atoms with Crippen molar-refractivity contribution in [1.29, 1.82) is 0 Å². The van der Waals surface area contributed by atoms with Gasteiger partial charge in [0, 0.05) is 10.9 Å². The van der Waals surface area contributed by atoms with Gasteiger partial charge in [-0.05, 0) is 24.3 Å². The van der Waals surface area contributed by atoms with Crippen LogP contribution in [0.15, 0.2) is 47.5 Å². The van der Waals surface area contributed by atoms with Crippen molar-refractivity contribution >= 4 is 51.4 Å². The molecule has 2 nitrogen and oxygen atoms in total. The predicted octanol–water partition coefficient (Wildman–Crippen LogP) is 4.86. The second-order valence-electron chi connectivity index (χ2n) is 4.04. The van der Waals surface area contributed by atoms with E-state index in [1.165, 1.54) is 23.1 Å². The van der Waals surface area contributed by atoms with E-state index in [1.807, 2.05) is 18.2 Å². The molecule has 1 N–H and O–H groups in total. The quantitative estimate of drug-likeness (QED) is 0.551. The molecule has 0 aliphatic carbocycles. The van der Waals surface area contributed by atoms with Crippen LogP contribution >= 0.6 is 34.7 Å². The minimum atomic E-state index is 0.112. The number of benzene rings is 1. The maximum atomic E-state index is 12.0. The van der Waals surface area contributed by atoms with Gasteiger partial charge in [0.15, 0.2) is 5.78 Å². The number of halogens is 1. The van der Waals surface area contributed by atoms with Crippen LogP contribution in [0.5, 0.6) is 0 Å². The van der Waals surface area contributed by atoms with Gasteiger partial charge in [-0.15, -0.1) is 23.1 Å². The number of thiophene rings is 1. The first kappa shape index (κ1) is 12.8. The number of H-pyrrole nitrogens is 1. The second-order valence-corrected chi connectivity index (χ2v) is 6.77. The van der Waals surface area contributed by atoms with Crippen LogP contribution in [0.4, 0.5) is 0 Å². The molecule has 0 aliphatic rings. The number of Topliss-reactive ketones (excluding diaryl/α,β-unsaturated/α-hetero) is 1. The SMILES string of the molecule is O=C(CSc1cc2ccccc2[nH]1)c1ccc(Cl)s1. The van der Waals surface area contributed by atoms with Gasteiger partial charge in [-0.1, -0.05) is 29.8 Å². The summed E-state index contributed by atoms with van der Waals surface area (Å²) in [5.74, 6) is 0.532. The molecule has 96 valence electrons. The summed E-state index contributed by atoms with van der Waals surface area (Å²) < 4.78 is 0.652. The van der Waals surface area contributed by atoms with Crippen molar-refractivity contribution < 1.29 is 4.79 Å². The zero-order valence-electron chi connectivity index (χ0n) is 9.85. The molecule has 0 fully saturated rings. The Morgan fingerprint density at radius 2 is 2.11 bits per heavy atom. The van der Waals surface area contributed by atoms with Crippen LogP contribution in [0.3, 0.4) is 0 Å². The van der Waals surface area contributed by atoms with Crippen LogP contribution in [-0.4, -0.2) is 16.5 Å². The summed E-state index contributed by atoms with van der Waals surface area (Å²) in [4.78, 5) is 16.0. The molecular weight excluding hydrogens is 298 g/mol. The molecule has 0 aliphatic heterocycles. The third kappa shape index (κ3) is 2.86. The Bertz CT molecular complexity index is 699. The maximum Gasteiger partial charge on any atom is 0.183 e. The highest BCUT2D eigenvalue weighted by molar-refractivity contribution is 8.00. The van der Waals surface area contributed by atoms with Crippen molar-refractivity contribution in [2.75, 3.05) is 5.75 Å². The number of carbonyl (C=O) groups excluding carboxylic acids is 1. The number of para-hydroxylation sites is 1. The molecule has 0 saturated heterocycles. The van der Waals surface area contributed by atoms with E-state index in [4.69, 9.17) is 11.6 Å². The average molecular weight is 308 g/mol. The summed E-state index contributed by atoms with van der Waals surface area (Å²) >= 11 is 8.67. The van der Waals surface area contributed by atoms with Crippen molar-refractivity contribution in [3.05, 3.63) is 51.7 Å². The predicted molar refractivity (Wildman–Crippen MR) is 82.7 cm³/mol. The average Bonchev–Trinajstić information content (AvgIpc) is 3.01. The Kier molecular flexibility index (Phi) is 3.64. The lowest BCUT2D eigenvalue weighted by atomic mass is 10.3. The summed E-state index contributed by atoms with van der Waals surface area (Å²) in [6.45, 7) is 0. The Hall–Kier alpha value is -1.23. The van der Waals surface area contributed by atoms with Gasteiger partial charge in [0.2, 0.25) is 0 Å². The molecule has 2 heterocycles. The van der Waals surface area contributed by atoms with Crippen molar-refractivity contribution in [1.82, 2.24) is 4.98 Å². The Balaban J connectivity index is 1.70. The minimum Gasteiger partial charge on any atom is -0.350 e. The van der Waals surface area contributed by atoms with Gasteiger partial charge < -0.3 is 4.98 Å². The number of nitrogens with one attached hydrogen (secondary N) is 1. The molecule has 0 radical (unpaired) electrons. The molecule has 2 aromatic heterocycles. The number of aromatic nitrogens is 1. The number of hydrogen-bond donors (Lipinski definition) is 1. The van der Waals surface area contributed by atoms with E-state index in [0.717, 1.165) is 15.9 Å². The minimum absolute atomic E-state index is 0.112. The lowest BCUT2D eigenvalue weighted by molar-refractivity contribution is 0.102. The van der Waals surface area contributed by atoms with E-state index in [1.54, 1.807) is 12.1 Å². The van der Waals surface area contributed by atoms with E-state index >= 15 is 0 Å². The molecule has 3 aromatic rings. The largest absolute Gasteiger partial charge is 0.350 e. The van der Waals surface area contributed by atoms with Crippen LogP contribution in [0.1, 0.15) is 9.67 Å². The number of thioether (sulfide) groups is 1. The summed E-state index contributed by atoms with van der Waals surface area (Å²) in [6, 6.07) is 13.7. The Morgan fingerprint density at radius 3 is 2.84 bits per heavy atom. The molecule has 3 rings (SSSR count).